The van der Waals surface area contributed by atoms with E-state index in [0.717, 1.165) is 19.5 Å². The van der Waals surface area contributed by atoms with E-state index < -0.39 is 11.9 Å². The second-order valence-electron chi connectivity index (χ2n) is 4.30. The molecule has 0 aliphatic carbocycles. The molecule has 1 unspecified atom stereocenters. The summed E-state index contributed by atoms with van der Waals surface area (Å²) in [6, 6.07) is 2.35. The van der Waals surface area contributed by atoms with Gasteiger partial charge in [-0.25, -0.2) is 0 Å². The topological polar surface area (TPSA) is 65.7 Å². The van der Waals surface area contributed by atoms with Crippen molar-refractivity contribution >= 4 is 12.2 Å². The van der Waals surface area contributed by atoms with Crippen LogP contribution >= 0.6 is 0 Å². The molecule has 2 atom stereocenters. The molecule has 1 aliphatic heterocycles. The first-order chi connectivity index (χ1) is 8.72. The predicted molar refractivity (Wildman–Crippen MR) is 69.4 cm³/mol. The molecule has 0 amide bonds. The Bertz CT molecular complexity index is 336. The monoisotopic (exact) mass is 251 g/mol. The lowest BCUT2D eigenvalue weighted by molar-refractivity contribution is -0.143. The predicted octanol–water partition coefficient (Wildman–Crippen LogP) is 1.24. The molecule has 100 valence electrons. The molecule has 1 aliphatic rings. The van der Waals surface area contributed by atoms with Gasteiger partial charge < -0.3 is 4.74 Å². The largest absolute Gasteiger partial charge is 0.465 e. The quantitative estimate of drug-likeness (QED) is 0.526. The lowest BCUT2D eigenvalue weighted by Crippen LogP contribution is -2.31. The Hall–Kier alpha value is -1.41. The summed E-state index contributed by atoms with van der Waals surface area (Å²) in [6.07, 6.45) is 3.76. The van der Waals surface area contributed by atoms with Gasteiger partial charge in [0.25, 0.3) is 0 Å². The van der Waals surface area contributed by atoms with Crippen molar-refractivity contribution in [1.29, 1.82) is 5.26 Å². The summed E-state index contributed by atoms with van der Waals surface area (Å²) in [5.74, 6) is -1.39. The van der Waals surface area contributed by atoms with Gasteiger partial charge in [-0.2, -0.15) is 5.26 Å². The molecular weight excluding hydrogens is 230 g/mol. The number of aliphatic imine (C=N–C) groups is 1. The van der Waals surface area contributed by atoms with E-state index in [4.69, 9.17) is 10.00 Å². The van der Waals surface area contributed by atoms with E-state index >= 15 is 0 Å². The van der Waals surface area contributed by atoms with Gasteiger partial charge in [-0.1, -0.05) is 6.92 Å². The van der Waals surface area contributed by atoms with Crippen LogP contribution in [-0.4, -0.2) is 49.4 Å². The number of likely N-dealkylation sites (N-methyl/N-ethyl adjacent to an activating group) is 1. The maximum atomic E-state index is 11.4. The third kappa shape index (κ3) is 4.11. The van der Waals surface area contributed by atoms with Gasteiger partial charge in [-0.15, -0.1) is 0 Å². The Kier molecular flexibility index (Phi) is 6.37. The van der Waals surface area contributed by atoms with E-state index in [2.05, 4.69) is 16.8 Å². The number of ether oxygens (including phenoxy) is 1. The lowest BCUT2D eigenvalue weighted by atomic mass is 10.2. The molecule has 5 nitrogen and oxygen atoms in total. The molecule has 0 bridgehead atoms. The summed E-state index contributed by atoms with van der Waals surface area (Å²) >= 11 is 0. The smallest absolute Gasteiger partial charge is 0.328 e. The number of rotatable bonds is 6. The third-order valence-electron chi connectivity index (χ3n) is 3.16. The number of carbonyl (C=O) groups is 1. The SMILES string of the molecule is CCOC(=O)C(C#N)C=NC[C@H]1CCCN1CC. The van der Waals surface area contributed by atoms with Crippen LogP contribution in [0.3, 0.4) is 0 Å². The standard InChI is InChI=1S/C13H21N3O2/c1-3-16-7-5-6-12(16)10-15-9-11(8-14)13(17)18-4-2/h9,11-12H,3-7,10H2,1-2H3/t11?,12-/m1/s1. The van der Waals surface area contributed by atoms with Gasteiger partial charge in [0.1, 0.15) is 0 Å². The number of nitriles is 1. The van der Waals surface area contributed by atoms with E-state index in [1.54, 1.807) is 6.92 Å². The van der Waals surface area contributed by atoms with Gasteiger partial charge in [0, 0.05) is 12.3 Å². The van der Waals surface area contributed by atoms with Crippen LogP contribution in [0.25, 0.3) is 0 Å². The highest BCUT2D eigenvalue weighted by atomic mass is 16.5. The van der Waals surface area contributed by atoms with Crippen molar-refractivity contribution in [3.8, 4) is 6.07 Å². The third-order valence-corrected chi connectivity index (χ3v) is 3.16. The van der Waals surface area contributed by atoms with E-state index in [1.165, 1.54) is 12.6 Å². The van der Waals surface area contributed by atoms with Gasteiger partial charge in [-0.05, 0) is 32.9 Å². The molecule has 0 aromatic carbocycles. The molecule has 0 aromatic rings. The van der Waals surface area contributed by atoms with Crippen molar-refractivity contribution in [3.63, 3.8) is 0 Å². The molecule has 1 heterocycles. The minimum absolute atomic E-state index is 0.289. The molecule has 1 fully saturated rings. The van der Waals surface area contributed by atoms with Gasteiger partial charge in [0.2, 0.25) is 0 Å². The van der Waals surface area contributed by atoms with Crippen LogP contribution in [-0.2, 0) is 9.53 Å². The summed E-state index contributed by atoms with van der Waals surface area (Å²) in [5.41, 5.74) is 0. The Labute approximate surface area is 108 Å². The Morgan fingerprint density at radius 3 is 3.06 bits per heavy atom. The van der Waals surface area contributed by atoms with Crippen molar-refractivity contribution in [2.24, 2.45) is 10.9 Å². The number of likely N-dealkylation sites (tertiary alicyclic amines) is 1. The zero-order valence-electron chi connectivity index (χ0n) is 11.1. The van der Waals surface area contributed by atoms with E-state index in [9.17, 15) is 4.79 Å². The first-order valence-electron chi connectivity index (χ1n) is 6.53. The van der Waals surface area contributed by atoms with Crippen LogP contribution in [0, 0.1) is 17.2 Å². The van der Waals surface area contributed by atoms with E-state index in [0.29, 0.717) is 12.6 Å². The number of hydrogen-bond donors (Lipinski definition) is 0. The van der Waals surface area contributed by atoms with Crippen LogP contribution in [0.5, 0.6) is 0 Å². The molecule has 0 radical (unpaired) electrons. The molecule has 5 heteroatoms. The molecule has 0 spiro atoms. The zero-order valence-corrected chi connectivity index (χ0v) is 11.1. The summed E-state index contributed by atoms with van der Waals surface area (Å²) in [7, 11) is 0. The van der Waals surface area contributed by atoms with E-state index in [-0.39, 0.29) is 6.61 Å². The molecule has 0 saturated carbocycles. The molecule has 1 rings (SSSR count). The van der Waals surface area contributed by atoms with Crippen molar-refractivity contribution in [2.75, 3.05) is 26.2 Å². The van der Waals surface area contributed by atoms with E-state index in [1.807, 2.05) is 6.07 Å². The number of esters is 1. The average Bonchev–Trinajstić information content (AvgIpc) is 2.82. The van der Waals surface area contributed by atoms with Gasteiger partial charge >= 0.3 is 5.97 Å². The summed E-state index contributed by atoms with van der Waals surface area (Å²) in [6.45, 7) is 6.96. The molecule has 0 aromatic heterocycles. The summed E-state index contributed by atoms with van der Waals surface area (Å²) < 4.78 is 4.80. The lowest BCUT2D eigenvalue weighted by Gasteiger charge is -2.20. The van der Waals surface area contributed by atoms with Crippen LogP contribution in [0.4, 0.5) is 0 Å². The second kappa shape index (κ2) is 7.83. The fraction of sp³-hybridized carbons (Fsp3) is 0.769. The maximum Gasteiger partial charge on any atom is 0.328 e. The minimum atomic E-state index is -0.874. The first-order valence-corrected chi connectivity index (χ1v) is 6.53. The highest BCUT2D eigenvalue weighted by Crippen LogP contribution is 2.16. The van der Waals surface area contributed by atoms with Gasteiger partial charge in [0.05, 0.1) is 19.2 Å². The van der Waals surface area contributed by atoms with Crippen molar-refractivity contribution in [2.45, 2.75) is 32.7 Å². The summed E-state index contributed by atoms with van der Waals surface area (Å²) in [4.78, 5) is 18.0. The van der Waals surface area contributed by atoms with Crippen molar-refractivity contribution < 1.29 is 9.53 Å². The normalized spacial score (nSPS) is 21.9. The fourth-order valence-electron chi connectivity index (χ4n) is 2.19. The van der Waals surface area contributed by atoms with Gasteiger partial charge in [0.15, 0.2) is 5.92 Å². The molecule has 1 saturated heterocycles. The van der Waals surface area contributed by atoms with Crippen LogP contribution in [0.15, 0.2) is 4.99 Å². The average molecular weight is 251 g/mol. The minimum Gasteiger partial charge on any atom is -0.465 e. The maximum absolute atomic E-state index is 11.4. The number of carbonyl (C=O) groups excluding carboxylic acids is 1. The highest BCUT2D eigenvalue weighted by Gasteiger charge is 2.22. The Balaban J connectivity index is 2.43. The molecule has 18 heavy (non-hydrogen) atoms. The van der Waals surface area contributed by atoms with Crippen molar-refractivity contribution in [1.82, 2.24) is 4.90 Å². The fourth-order valence-corrected chi connectivity index (χ4v) is 2.19. The van der Waals surface area contributed by atoms with Gasteiger partial charge in [-0.3, -0.25) is 14.7 Å². The Morgan fingerprint density at radius 2 is 2.44 bits per heavy atom. The van der Waals surface area contributed by atoms with Crippen LogP contribution in [0.2, 0.25) is 0 Å². The van der Waals surface area contributed by atoms with Crippen LogP contribution in [0.1, 0.15) is 26.7 Å². The van der Waals surface area contributed by atoms with Crippen LogP contribution < -0.4 is 0 Å². The first kappa shape index (κ1) is 14.7. The number of nitrogens with zero attached hydrogens (tertiary/aromatic N) is 3. The van der Waals surface area contributed by atoms with Crippen molar-refractivity contribution in [3.05, 3.63) is 0 Å². The molecule has 0 N–H and O–H groups in total. The number of hydrogen-bond acceptors (Lipinski definition) is 5. The molecular formula is C13H21N3O2. The summed E-state index contributed by atoms with van der Waals surface area (Å²) in [5, 5.41) is 8.86. The zero-order chi connectivity index (χ0) is 13.4. The Morgan fingerprint density at radius 1 is 1.67 bits per heavy atom. The second-order valence-corrected chi connectivity index (χ2v) is 4.30. The highest BCUT2D eigenvalue weighted by molar-refractivity contribution is 5.92.